The van der Waals surface area contributed by atoms with Gasteiger partial charge in [0, 0.05) is 36.8 Å². The molecule has 1 saturated heterocycles. The van der Waals surface area contributed by atoms with Gasteiger partial charge in [0.15, 0.2) is 0 Å². The molecule has 4 rings (SSSR count). The van der Waals surface area contributed by atoms with Gasteiger partial charge >= 0.3 is 12.1 Å². The second kappa shape index (κ2) is 10.6. The first-order chi connectivity index (χ1) is 15.8. The summed E-state index contributed by atoms with van der Waals surface area (Å²) in [4.78, 5) is 18.2. The number of hydrogen-bond acceptors (Lipinski definition) is 5. The summed E-state index contributed by atoms with van der Waals surface area (Å²) < 4.78 is 42.0. The van der Waals surface area contributed by atoms with E-state index in [0.717, 1.165) is 26.1 Å². The van der Waals surface area contributed by atoms with Crippen molar-refractivity contribution in [3.63, 3.8) is 0 Å². The molecule has 9 heteroatoms. The molecular weight excluding hydrogens is 433 g/mol. The maximum atomic E-state index is 12.6. The fourth-order valence-electron chi connectivity index (χ4n) is 3.54. The molecule has 3 aromatic rings. The summed E-state index contributed by atoms with van der Waals surface area (Å²) in [6.07, 6.45) is -3.83. The molecule has 0 saturated carbocycles. The van der Waals surface area contributed by atoms with Crippen molar-refractivity contribution in [3.8, 4) is 11.4 Å². The minimum absolute atomic E-state index is 0.0455. The number of carbonyl (C=O) groups is 1. The van der Waals surface area contributed by atoms with Crippen molar-refractivity contribution >= 4 is 5.91 Å². The van der Waals surface area contributed by atoms with Gasteiger partial charge in [-0.05, 0) is 31.0 Å². The third-order valence-corrected chi connectivity index (χ3v) is 5.21. The summed E-state index contributed by atoms with van der Waals surface area (Å²) >= 11 is 0. The molecule has 1 aliphatic rings. The molecule has 33 heavy (non-hydrogen) atoms. The molecular formula is C24H27F3N4O2. The van der Waals surface area contributed by atoms with Crippen LogP contribution in [-0.2, 0) is 12.7 Å². The molecule has 1 fully saturated rings. The van der Waals surface area contributed by atoms with E-state index in [-0.39, 0.29) is 17.8 Å². The van der Waals surface area contributed by atoms with E-state index in [1.54, 1.807) is 0 Å². The molecule has 1 aromatic heterocycles. The van der Waals surface area contributed by atoms with E-state index in [9.17, 15) is 18.0 Å². The summed E-state index contributed by atoms with van der Waals surface area (Å²) in [6.45, 7) is 8.56. The molecule has 1 aliphatic heterocycles. The van der Waals surface area contributed by atoms with Crippen LogP contribution in [0.2, 0.25) is 0 Å². The lowest BCUT2D eigenvalue weighted by Crippen LogP contribution is -2.36. The van der Waals surface area contributed by atoms with E-state index in [1.165, 1.54) is 35.4 Å². The van der Waals surface area contributed by atoms with Crippen LogP contribution in [0.4, 0.5) is 13.2 Å². The Kier molecular flexibility index (Phi) is 7.86. The number of aryl methyl sites for hydroxylation is 1. The minimum atomic E-state index is -4.69. The van der Waals surface area contributed by atoms with E-state index in [1.807, 2.05) is 13.8 Å². The molecule has 0 aliphatic carbocycles. The van der Waals surface area contributed by atoms with E-state index in [4.69, 9.17) is 0 Å². The summed E-state index contributed by atoms with van der Waals surface area (Å²) in [7, 11) is 0. The van der Waals surface area contributed by atoms with Gasteiger partial charge < -0.3 is 9.84 Å². The number of carbonyl (C=O) groups excluding carboxylic acids is 1. The number of aromatic nitrogens is 2. The summed E-state index contributed by atoms with van der Waals surface area (Å²) in [5.74, 6) is -1.81. The Morgan fingerprint density at radius 3 is 2.39 bits per heavy atom. The van der Waals surface area contributed by atoms with Crippen LogP contribution in [0, 0.1) is 6.92 Å². The quantitative estimate of drug-likeness (QED) is 0.574. The second-order valence-corrected chi connectivity index (χ2v) is 7.68. The lowest BCUT2D eigenvalue weighted by molar-refractivity contribution is -0.159. The summed E-state index contributed by atoms with van der Waals surface area (Å²) in [5.41, 5.74) is 3.21. The first-order valence-corrected chi connectivity index (χ1v) is 10.9. The molecule has 2 heterocycles. The first kappa shape index (κ1) is 24.4. The SMILES string of the molecule is CC.Cc1ccc(CN2CCC(NC(=O)c3ccc(-c4noc(C(F)(F)F)n4)cc3)C2)cc1. The molecule has 1 unspecified atom stereocenters. The Labute approximate surface area is 190 Å². The number of amides is 1. The van der Waals surface area contributed by atoms with Gasteiger partial charge in [0.25, 0.3) is 5.91 Å². The number of benzene rings is 2. The number of nitrogens with one attached hydrogen (secondary N) is 1. The third-order valence-electron chi connectivity index (χ3n) is 5.21. The maximum absolute atomic E-state index is 12.6. The second-order valence-electron chi connectivity index (χ2n) is 7.68. The number of halogens is 3. The number of hydrogen-bond donors (Lipinski definition) is 1. The molecule has 0 bridgehead atoms. The van der Waals surface area contributed by atoms with Crippen molar-refractivity contribution in [2.45, 2.75) is 46.0 Å². The van der Waals surface area contributed by atoms with E-state index in [0.29, 0.717) is 11.1 Å². The molecule has 6 nitrogen and oxygen atoms in total. The van der Waals surface area contributed by atoms with Gasteiger partial charge in [-0.3, -0.25) is 9.69 Å². The van der Waals surface area contributed by atoms with Crippen molar-refractivity contribution in [2.24, 2.45) is 0 Å². The number of rotatable bonds is 5. The summed E-state index contributed by atoms with van der Waals surface area (Å²) in [5, 5.41) is 6.37. The van der Waals surface area contributed by atoms with E-state index < -0.39 is 12.1 Å². The van der Waals surface area contributed by atoms with Crippen LogP contribution in [0.15, 0.2) is 53.1 Å². The molecule has 1 N–H and O–H groups in total. The molecule has 176 valence electrons. The van der Waals surface area contributed by atoms with Gasteiger partial charge in [0.1, 0.15) is 0 Å². The predicted octanol–water partition coefficient (Wildman–Crippen LogP) is 5.09. The molecule has 0 spiro atoms. The van der Waals surface area contributed by atoms with Crippen LogP contribution in [0.5, 0.6) is 0 Å². The fraction of sp³-hybridized carbons (Fsp3) is 0.375. The van der Waals surface area contributed by atoms with Gasteiger partial charge in [-0.1, -0.05) is 61.0 Å². The molecule has 1 atom stereocenters. The Hall–Kier alpha value is -3.20. The monoisotopic (exact) mass is 460 g/mol. The minimum Gasteiger partial charge on any atom is -0.348 e. The highest BCUT2D eigenvalue weighted by Gasteiger charge is 2.38. The van der Waals surface area contributed by atoms with Crippen LogP contribution in [-0.4, -0.2) is 40.1 Å². The smallest absolute Gasteiger partial charge is 0.348 e. The third kappa shape index (κ3) is 6.41. The average molecular weight is 461 g/mol. The zero-order valence-corrected chi connectivity index (χ0v) is 18.8. The molecule has 2 aromatic carbocycles. The zero-order chi connectivity index (χ0) is 24.0. The normalized spacial score (nSPS) is 16.2. The first-order valence-electron chi connectivity index (χ1n) is 10.9. The maximum Gasteiger partial charge on any atom is 0.471 e. The van der Waals surface area contributed by atoms with Crippen LogP contribution < -0.4 is 5.32 Å². The Morgan fingerprint density at radius 1 is 1.12 bits per heavy atom. The Morgan fingerprint density at radius 2 is 1.79 bits per heavy atom. The highest BCUT2D eigenvalue weighted by molar-refractivity contribution is 5.94. The van der Waals surface area contributed by atoms with Crippen molar-refractivity contribution < 1.29 is 22.5 Å². The largest absolute Gasteiger partial charge is 0.471 e. The number of likely N-dealkylation sites (tertiary alicyclic amines) is 1. The highest BCUT2D eigenvalue weighted by Crippen LogP contribution is 2.29. The molecule has 1 amide bonds. The lowest BCUT2D eigenvalue weighted by Gasteiger charge is -2.17. The van der Waals surface area contributed by atoms with E-state index >= 15 is 0 Å². The molecule has 0 radical (unpaired) electrons. The van der Waals surface area contributed by atoms with Crippen LogP contribution in [0.3, 0.4) is 0 Å². The lowest BCUT2D eigenvalue weighted by atomic mass is 10.1. The predicted molar refractivity (Wildman–Crippen MR) is 118 cm³/mol. The van der Waals surface area contributed by atoms with Gasteiger partial charge in [-0.15, -0.1) is 0 Å². The van der Waals surface area contributed by atoms with Crippen molar-refractivity contribution in [3.05, 3.63) is 71.1 Å². The average Bonchev–Trinajstić information content (AvgIpc) is 3.47. The van der Waals surface area contributed by atoms with Gasteiger partial charge in [0.2, 0.25) is 5.82 Å². The van der Waals surface area contributed by atoms with Gasteiger partial charge in [0.05, 0.1) is 0 Å². The standard InChI is InChI=1S/C22H21F3N4O2.C2H6/c1-14-2-4-15(5-3-14)12-29-11-10-18(13-29)26-20(30)17-8-6-16(7-9-17)19-27-21(31-28-19)22(23,24)25;1-2/h2-9,18H,10-13H2,1H3,(H,26,30);1-2H3. The summed E-state index contributed by atoms with van der Waals surface area (Å²) in [6, 6.07) is 14.5. The van der Waals surface area contributed by atoms with Crippen LogP contribution >= 0.6 is 0 Å². The van der Waals surface area contributed by atoms with Crippen molar-refractivity contribution in [1.82, 2.24) is 20.4 Å². The van der Waals surface area contributed by atoms with E-state index in [2.05, 4.69) is 56.1 Å². The van der Waals surface area contributed by atoms with Crippen LogP contribution in [0.25, 0.3) is 11.4 Å². The topological polar surface area (TPSA) is 71.3 Å². The van der Waals surface area contributed by atoms with Gasteiger partial charge in [-0.2, -0.15) is 18.2 Å². The number of nitrogens with zero attached hydrogens (tertiary/aromatic N) is 3. The van der Waals surface area contributed by atoms with Crippen molar-refractivity contribution in [1.29, 1.82) is 0 Å². The van der Waals surface area contributed by atoms with Crippen molar-refractivity contribution in [2.75, 3.05) is 13.1 Å². The highest BCUT2D eigenvalue weighted by atomic mass is 19.4. The number of alkyl halides is 3. The van der Waals surface area contributed by atoms with Gasteiger partial charge in [-0.25, -0.2) is 0 Å². The zero-order valence-electron chi connectivity index (χ0n) is 18.8. The Bertz CT molecular complexity index is 1050. The fourth-order valence-corrected chi connectivity index (χ4v) is 3.54. The Balaban J connectivity index is 0.00000149. The van der Waals surface area contributed by atoms with Crippen LogP contribution in [0.1, 0.15) is 47.6 Å².